The highest BCUT2D eigenvalue weighted by molar-refractivity contribution is 9.11. The van der Waals surface area contributed by atoms with Crippen molar-refractivity contribution < 1.29 is 4.79 Å². The molecule has 1 heterocycles. The number of amides is 1. The zero-order valence-corrected chi connectivity index (χ0v) is 18.1. The lowest BCUT2D eigenvalue weighted by molar-refractivity contribution is -0.115. The number of benzene rings is 2. The Morgan fingerprint density at radius 2 is 1.96 bits per heavy atom. The van der Waals surface area contributed by atoms with Gasteiger partial charge in [-0.2, -0.15) is 0 Å². The van der Waals surface area contributed by atoms with Crippen LogP contribution >= 0.6 is 43.6 Å². The van der Waals surface area contributed by atoms with Crippen molar-refractivity contribution in [3.05, 3.63) is 57.0 Å². The molecule has 3 aromatic rings. The first-order valence-corrected chi connectivity index (χ1v) is 10.3. The summed E-state index contributed by atoms with van der Waals surface area (Å²) in [6.45, 7) is 3.83. The molecule has 0 aliphatic heterocycles. The van der Waals surface area contributed by atoms with E-state index in [9.17, 15) is 4.79 Å². The summed E-state index contributed by atoms with van der Waals surface area (Å²) in [5.41, 5.74) is 2.79. The van der Waals surface area contributed by atoms with Crippen LogP contribution in [0.4, 0.5) is 5.69 Å². The highest BCUT2D eigenvalue weighted by Gasteiger charge is 2.19. The molecule has 0 saturated heterocycles. The van der Waals surface area contributed by atoms with Crippen molar-refractivity contribution in [2.24, 2.45) is 0 Å². The molecule has 0 radical (unpaired) electrons. The Bertz CT molecular complexity index is 944. The maximum atomic E-state index is 12.5. The van der Waals surface area contributed by atoms with Crippen LogP contribution in [0.2, 0.25) is 0 Å². The lowest BCUT2D eigenvalue weighted by Crippen LogP contribution is -2.22. The maximum Gasteiger partial charge on any atom is 0.237 e. The average molecular weight is 496 g/mol. The molecule has 0 fully saturated rings. The minimum atomic E-state index is -0.342. The van der Waals surface area contributed by atoms with Gasteiger partial charge in [0, 0.05) is 14.5 Å². The number of aromatic nitrogens is 3. The Morgan fingerprint density at radius 3 is 2.69 bits per heavy atom. The van der Waals surface area contributed by atoms with Crippen LogP contribution in [0.5, 0.6) is 0 Å². The fourth-order valence-electron chi connectivity index (χ4n) is 2.24. The quantitative estimate of drug-likeness (QED) is 0.463. The number of carbonyl (C=O) groups is 1. The van der Waals surface area contributed by atoms with Crippen LogP contribution in [-0.2, 0) is 4.79 Å². The van der Waals surface area contributed by atoms with Gasteiger partial charge in [0.2, 0.25) is 11.1 Å². The summed E-state index contributed by atoms with van der Waals surface area (Å²) in [7, 11) is 0. The van der Waals surface area contributed by atoms with Gasteiger partial charge in [0.1, 0.15) is 0 Å². The van der Waals surface area contributed by atoms with Crippen molar-refractivity contribution in [3.63, 3.8) is 0 Å². The van der Waals surface area contributed by atoms with E-state index in [1.54, 1.807) is 0 Å². The predicted octanol–water partition coefficient (Wildman–Crippen LogP) is 5.42. The van der Waals surface area contributed by atoms with E-state index in [2.05, 4.69) is 52.4 Å². The zero-order chi connectivity index (χ0) is 18.7. The number of rotatable bonds is 5. The third-order valence-corrected chi connectivity index (χ3v) is 5.94. The van der Waals surface area contributed by atoms with Crippen LogP contribution in [0.15, 0.2) is 56.6 Å². The molecule has 134 valence electrons. The highest BCUT2D eigenvalue weighted by atomic mass is 79.9. The molecule has 1 amide bonds. The van der Waals surface area contributed by atoms with Gasteiger partial charge in [-0.15, -0.1) is 5.10 Å². The SMILES string of the molecule is Cc1ccc(NC(=O)C(C)Sc2n[nH]c(-c3ccccc3Br)n2)c(Br)c1. The number of H-pyrrole nitrogens is 1. The van der Waals surface area contributed by atoms with Crippen molar-refractivity contribution in [1.82, 2.24) is 15.2 Å². The molecule has 5 nitrogen and oxygen atoms in total. The number of nitrogens with one attached hydrogen (secondary N) is 2. The van der Waals surface area contributed by atoms with E-state index in [0.29, 0.717) is 11.0 Å². The molecule has 0 saturated carbocycles. The van der Waals surface area contributed by atoms with Gasteiger partial charge in [0.05, 0.1) is 10.9 Å². The van der Waals surface area contributed by atoms with Crippen molar-refractivity contribution in [3.8, 4) is 11.4 Å². The molecule has 0 bridgehead atoms. The summed E-state index contributed by atoms with van der Waals surface area (Å²) in [6, 6.07) is 13.6. The second-order valence-electron chi connectivity index (χ2n) is 5.68. The summed E-state index contributed by atoms with van der Waals surface area (Å²) in [4.78, 5) is 16.9. The van der Waals surface area contributed by atoms with E-state index in [-0.39, 0.29) is 11.2 Å². The molecule has 3 rings (SSSR count). The van der Waals surface area contributed by atoms with E-state index in [1.807, 2.05) is 56.3 Å². The largest absolute Gasteiger partial charge is 0.324 e. The first kappa shape index (κ1) is 19.1. The van der Waals surface area contributed by atoms with Crippen LogP contribution in [0.1, 0.15) is 12.5 Å². The lowest BCUT2D eigenvalue weighted by Gasteiger charge is -2.11. The molecule has 1 atom stereocenters. The van der Waals surface area contributed by atoms with Gasteiger partial charge in [0.15, 0.2) is 5.82 Å². The van der Waals surface area contributed by atoms with Crippen molar-refractivity contribution in [2.45, 2.75) is 24.3 Å². The van der Waals surface area contributed by atoms with Gasteiger partial charge in [-0.05, 0) is 53.5 Å². The number of halogens is 2. The number of nitrogens with zero attached hydrogens (tertiary/aromatic N) is 2. The molecule has 1 aromatic heterocycles. The predicted molar refractivity (Wildman–Crippen MR) is 112 cm³/mol. The monoisotopic (exact) mass is 494 g/mol. The molecular weight excluding hydrogens is 480 g/mol. The van der Waals surface area contributed by atoms with Crippen LogP contribution < -0.4 is 5.32 Å². The van der Waals surface area contributed by atoms with Crippen molar-refractivity contribution in [2.75, 3.05) is 5.32 Å². The van der Waals surface area contributed by atoms with Crippen LogP contribution in [0.3, 0.4) is 0 Å². The van der Waals surface area contributed by atoms with Gasteiger partial charge in [0.25, 0.3) is 0 Å². The van der Waals surface area contributed by atoms with Crippen molar-refractivity contribution >= 4 is 55.2 Å². The Balaban J connectivity index is 1.67. The number of thioether (sulfide) groups is 1. The summed E-state index contributed by atoms with van der Waals surface area (Å²) < 4.78 is 1.79. The summed E-state index contributed by atoms with van der Waals surface area (Å²) in [5.74, 6) is 0.556. The Kier molecular flexibility index (Phi) is 6.16. The third-order valence-electron chi connectivity index (χ3n) is 3.63. The summed E-state index contributed by atoms with van der Waals surface area (Å²) in [6.07, 6.45) is 0. The van der Waals surface area contributed by atoms with E-state index in [0.717, 1.165) is 25.8 Å². The molecule has 2 N–H and O–H groups in total. The average Bonchev–Trinajstić information content (AvgIpc) is 3.06. The Hall–Kier alpha value is -1.64. The summed E-state index contributed by atoms with van der Waals surface area (Å²) >= 11 is 8.28. The standard InChI is InChI=1S/C18H16Br2N4OS/c1-10-7-8-15(14(20)9-10)21-17(25)11(2)26-18-22-16(23-24-18)12-5-3-4-6-13(12)19/h3-9,11H,1-2H3,(H,21,25)(H,22,23,24). The lowest BCUT2D eigenvalue weighted by atomic mass is 10.2. The second-order valence-corrected chi connectivity index (χ2v) is 8.70. The Labute approximate surface area is 172 Å². The van der Waals surface area contributed by atoms with Gasteiger partial charge < -0.3 is 5.32 Å². The normalized spacial score (nSPS) is 12.0. The number of carbonyl (C=O) groups excluding carboxylic acids is 1. The van der Waals surface area contributed by atoms with E-state index in [1.165, 1.54) is 11.8 Å². The smallest absolute Gasteiger partial charge is 0.237 e. The molecule has 0 spiro atoms. The molecule has 0 aliphatic rings. The highest BCUT2D eigenvalue weighted by Crippen LogP contribution is 2.29. The minimum absolute atomic E-state index is 0.105. The number of hydrogen-bond donors (Lipinski definition) is 2. The number of aryl methyl sites for hydroxylation is 1. The fourth-order valence-corrected chi connectivity index (χ4v) is 4.03. The molecule has 1 unspecified atom stereocenters. The first-order chi connectivity index (χ1) is 12.4. The zero-order valence-electron chi connectivity index (χ0n) is 14.1. The molecule has 8 heteroatoms. The second kappa shape index (κ2) is 8.37. The topological polar surface area (TPSA) is 70.7 Å². The number of aromatic amines is 1. The minimum Gasteiger partial charge on any atom is -0.324 e. The molecular formula is C18H16Br2N4OS. The van der Waals surface area contributed by atoms with Gasteiger partial charge in [-0.25, -0.2) is 4.98 Å². The van der Waals surface area contributed by atoms with E-state index < -0.39 is 0 Å². The third kappa shape index (κ3) is 4.55. The van der Waals surface area contributed by atoms with Gasteiger partial charge in [-0.1, -0.05) is 52.0 Å². The fraction of sp³-hybridized carbons (Fsp3) is 0.167. The van der Waals surface area contributed by atoms with Gasteiger partial charge >= 0.3 is 0 Å². The van der Waals surface area contributed by atoms with E-state index >= 15 is 0 Å². The number of hydrogen-bond acceptors (Lipinski definition) is 4. The number of anilines is 1. The van der Waals surface area contributed by atoms with Gasteiger partial charge in [-0.3, -0.25) is 9.89 Å². The maximum absolute atomic E-state index is 12.5. The van der Waals surface area contributed by atoms with Crippen LogP contribution in [0, 0.1) is 6.92 Å². The molecule has 2 aromatic carbocycles. The summed E-state index contributed by atoms with van der Waals surface area (Å²) in [5, 5.41) is 10.2. The molecule has 26 heavy (non-hydrogen) atoms. The first-order valence-electron chi connectivity index (χ1n) is 7.85. The molecule has 0 aliphatic carbocycles. The van der Waals surface area contributed by atoms with Crippen molar-refractivity contribution in [1.29, 1.82) is 0 Å². The van der Waals surface area contributed by atoms with Crippen LogP contribution in [-0.4, -0.2) is 26.3 Å². The van der Waals surface area contributed by atoms with Crippen LogP contribution in [0.25, 0.3) is 11.4 Å². The van der Waals surface area contributed by atoms with E-state index in [4.69, 9.17) is 0 Å². The Morgan fingerprint density at radius 1 is 1.19 bits per heavy atom.